The summed E-state index contributed by atoms with van der Waals surface area (Å²) in [6, 6.07) is 5.87. The van der Waals surface area contributed by atoms with E-state index in [1.807, 2.05) is 30.0 Å². The van der Waals surface area contributed by atoms with Crippen molar-refractivity contribution in [3.05, 3.63) is 23.8 Å². The van der Waals surface area contributed by atoms with Crippen LogP contribution in [0.1, 0.15) is 24.8 Å². The molecule has 2 aliphatic heterocycles. The Morgan fingerprint density at radius 3 is 3.16 bits per heavy atom. The maximum Gasteiger partial charge on any atom is 0.124 e. The monoisotopic (exact) mass is 279 g/mol. The Kier molecular flexibility index (Phi) is 3.63. The number of anilines is 1. The Hall–Kier alpha value is -0.870. The van der Waals surface area contributed by atoms with Gasteiger partial charge in [0.1, 0.15) is 11.9 Å². The summed E-state index contributed by atoms with van der Waals surface area (Å²) in [5.74, 6) is 3.25. The molecule has 1 aromatic carbocycles. The van der Waals surface area contributed by atoms with Crippen LogP contribution in [0.15, 0.2) is 18.2 Å². The minimum Gasteiger partial charge on any atom is -0.490 e. The van der Waals surface area contributed by atoms with Crippen molar-refractivity contribution in [2.24, 2.45) is 0 Å². The maximum atomic E-state index is 6.18. The molecule has 2 heterocycles. The summed E-state index contributed by atoms with van der Waals surface area (Å²) in [5.41, 5.74) is 7.82. The minimum atomic E-state index is 0.0712. The van der Waals surface area contributed by atoms with E-state index in [0.29, 0.717) is 0 Å². The van der Waals surface area contributed by atoms with Crippen LogP contribution >= 0.6 is 11.8 Å². The Labute approximate surface area is 118 Å². The Balaban J connectivity index is 1.70. The number of hydrogen-bond donors (Lipinski definition) is 1. The first-order chi connectivity index (χ1) is 9.17. The van der Waals surface area contributed by atoms with Crippen molar-refractivity contribution in [3.63, 3.8) is 0 Å². The molecule has 0 aliphatic carbocycles. The predicted molar refractivity (Wildman–Crippen MR) is 79.9 cm³/mol. The molecule has 19 heavy (non-hydrogen) atoms. The average Bonchev–Trinajstić information content (AvgIpc) is 2.82. The zero-order chi connectivity index (χ0) is 13.3. The molecule has 0 radical (unpaired) electrons. The summed E-state index contributed by atoms with van der Waals surface area (Å²) in [4.78, 5) is 0. The quantitative estimate of drug-likeness (QED) is 0.845. The van der Waals surface area contributed by atoms with Gasteiger partial charge in [-0.3, -0.25) is 0 Å². The van der Waals surface area contributed by atoms with Crippen LogP contribution < -0.4 is 10.5 Å². The van der Waals surface area contributed by atoms with Gasteiger partial charge in [0.25, 0.3) is 0 Å². The standard InChI is InChI=1S/C15H21NO2S/c1-11-2-3-12(16)8-14(11)18-13-4-6-17-15(9-13)5-7-19-10-15/h2-3,8,13H,4-7,9-10,16H2,1H3. The van der Waals surface area contributed by atoms with E-state index in [0.717, 1.165) is 48.6 Å². The third kappa shape index (κ3) is 2.84. The number of benzene rings is 1. The van der Waals surface area contributed by atoms with Crippen molar-refractivity contribution in [2.45, 2.75) is 37.9 Å². The van der Waals surface area contributed by atoms with Crippen LogP contribution in [-0.2, 0) is 4.74 Å². The van der Waals surface area contributed by atoms with E-state index in [9.17, 15) is 0 Å². The molecule has 1 aromatic rings. The molecule has 104 valence electrons. The Bertz CT molecular complexity index is 457. The van der Waals surface area contributed by atoms with Crippen molar-refractivity contribution in [1.82, 2.24) is 0 Å². The highest BCUT2D eigenvalue weighted by atomic mass is 32.2. The SMILES string of the molecule is Cc1ccc(N)cc1OC1CCOC2(CCSC2)C1. The lowest BCUT2D eigenvalue weighted by atomic mass is 9.91. The minimum absolute atomic E-state index is 0.0712. The number of nitrogen functional groups attached to an aromatic ring is 1. The van der Waals surface area contributed by atoms with Gasteiger partial charge >= 0.3 is 0 Å². The summed E-state index contributed by atoms with van der Waals surface area (Å²) < 4.78 is 12.2. The molecule has 4 heteroatoms. The van der Waals surface area contributed by atoms with Gasteiger partial charge in [-0.15, -0.1) is 0 Å². The number of rotatable bonds is 2. The van der Waals surface area contributed by atoms with Gasteiger partial charge in [0.15, 0.2) is 0 Å². The first kappa shape index (κ1) is 13.1. The molecule has 3 nitrogen and oxygen atoms in total. The largest absolute Gasteiger partial charge is 0.490 e. The zero-order valence-electron chi connectivity index (χ0n) is 11.4. The molecular formula is C15H21NO2S. The second-order valence-corrected chi connectivity index (χ2v) is 6.70. The van der Waals surface area contributed by atoms with E-state index in [1.54, 1.807) is 0 Å². The van der Waals surface area contributed by atoms with E-state index in [4.69, 9.17) is 15.2 Å². The third-order valence-electron chi connectivity index (χ3n) is 4.02. The van der Waals surface area contributed by atoms with Gasteiger partial charge in [0, 0.05) is 30.3 Å². The van der Waals surface area contributed by atoms with E-state index in [1.165, 1.54) is 5.75 Å². The fourth-order valence-corrected chi connectivity index (χ4v) is 4.25. The number of aryl methyl sites for hydroxylation is 1. The number of nitrogens with two attached hydrogens (primary N) is 1. The Morgan fingerprint density at radius 2 is 2.37 bits per heavy atom. The van der Waals surface area contributed by atoms with Gasteiger partial charge in [0.05, 0.1) is 12.2 Å². The van der Waals surface area contributed by atoms with Crippen molar-refractivity contribution in [3.8, 4) is 5.75 Å². The van der Waals surface area contributed by atoms with Gasteiger partial charge in [0.2, 0.25) is 0 Å². The molecule has 0 bridgehead atoms. The Morgan fingerprint density at radius 1 is 1.47 bits per heavy atom. The number of ether oxygens (including phenoxy) is 2. The van der Waals surface area contributed by atoms with Crippen molar-refractivity contribution < 1.29 is 9.47 Å². The highest BCUT2D eigenvalue weighted by molar-refractivity contribution is 7.99. The first-order valence-electron chi connectivity index (χ1n) is 6.91. The molecule has 0 saturated carbocycles. The van der Waals surface area contributed by atoms with Crippen LogP contribution in [0.3, 0.4) is 0 Å². The van der Waals surface area contributed by atoms with Gasteiger partial charge in [-0.25, -0.2) is 0 Å². The van der Waals surface area contributed by atoms with Gasteiger partial charge in [-0.1, -0.05) is 6.07 Å². The summed E-state index contributed by atoms with van der Waals surface area (Å²) in [6.45, 7) is 2.88. The van der Waals surface area contributed by atoms with Gasteiger partial charge in [-0.05, 0) is 30.7 Å². The van der Waals surface area contributed by atoms with Crippen molar-refractivity contribution >= 4 is 17.4 Å². The average molecular weight is 279 g/mol. The van der Waals surface area contributed by atoms with E-state index in [2.05, 4.69) is 6.92 Å². The molecule has 2 unspecified atom stereocenters. The van der Waals surface area contributed by atoms with Crippen LogP contribution in [0.25, 0.3) is 0 Å². The molecule has 2 atom stereocenters. The van der Waals surface area contributed by atoms with Crippen LogP contribution in [0.5, 0.6) is 5.75 Å². The van der Waals surface area contributed by atoms with Crippen LogP contribution in [0, 0.1) is 6.92 Å². The lowest BCUT2D eigenvalue weighted by molar-refractivity contribution is -0.0959. The van der Waals surface area contributed by atoms with Crippen molar-refractivity contribution in [1.29, 1.82) is 0 Å². The smallest absolute Gasteiger partial charge is 0.124 e. The molecule has 1 spiro atoms. The number of thioether (sulfide) groups is 1. The molecule has 2 N–H and O–H groups in total. The third-order valence-corrected chi connectivity index (χ3v) is 5.24. The van der Waals surface area contributed by atoms with E-state index in [-0.39, 0.29) is 11.7 Å². The molecule has 0 amide bonds. The molecule has 3 rings (SSSR count). The highest BCUT2D eigenvalue weighted by Gasteiger charge is 2.41. The lowest BCUT2D eigenvalue weighted by Crippen LogP contribution is -2.43. The van der Waals surface area contributed by atoms with Crippen molar-refractivity contribution in [2.75, 3.05) is 23.8 Å². The van der Waals surface area contributed by atoms with Gasteiger partial charge in [-0.2, -0.15) is 11.8 Å². The molecule has 2 aliphatic rings. The lowest BCUT2D eigenvalue weighted by Gasteiger charge is -2.37. The summed E-state index contributed by atoms with van der Waals surface area (Å²) in [7, 11) is 0. The molecule has 2 fully saturated rings. The fourth-order valence-electron chi connectivity index (χ4n) is 2.87. The van der Waals surface area contributed by atoms with E-state index >= 15 is 0 Å². The number of hydrogen-bond acceptors (Lipinski definition) is 4. The summed E-state index contributed by atoms with van der Waals surface area (Å²) >= 11 is 1.99. The second-order valence-electron chi connectivity index (χ2n) is 5.59. The first-order valence-corrected chi connectivity index (χ1v) is 8.07. The molecule has 2 saturated heterocycles. The molecular weight excluding hydrogens is 258 g/mol. The summed E-state index contributed by atoms with van der Waals surface area (Å²) in [6.07, 6.45) is 3.40. The highest BCUT2D eigenvalue weighted by Crippen LogP contribution is 2.39. The zero-order valence-corrected chi connectivity index (χ0v) is 12.2. The van der Waals surface area contributed by atoms with E-state index < -0.39 is 0 Å². The van der Waals surface area contributed by atoms with Crippen LogP contribution in [0.4, 0.5) is 5.69 Å². The fraction of sp³-hybridized carbons (Fsp3) is 0.600. The predicted octanol–water partition coefficient (Wildman–Crippen LogP) is 3.01. The molecule has 0 aromatic heterocycles. The summed E-state index contributed by atoms with van der Waals surface area (Å²) in [5, 5.41) is 0. The van der Waals surface area contributed by atoms with Gasteiger partial charge < -0.3 is 15.2 Å². The van der Waals surface area contributed by atoms with Crippen LogP contribution in [-0.4, -0.2) is 29.8 Å². The maximum absolute atomic E-state index is 6.18. The normalized spacial score (nSPS) is 30.7. The topological polar surface area (TPSA) is 44.5 Å². The second kappa shape index (κ2) is 5.25. The van der Waals surface area contributed by atoms with Crippen LogP contribution in [0.2, 0.25) is 0 Å².